The largest absolute Gasteiger partial charge is 0.497 e. The molecule has 8 aromatic rings. The van der Waals surface area contributed by atoms with Gasteiger partial charge in [0.15, 0.2) is 0 Å². The molecule has 0 saturated carbocycles. The molecule has 8 bridgehead atoms. The van der Waals surface area contributed by atoms with Crippen LogP contribution in [0.3, 0.4) is 0 Å². The molecular formula is C81H103N11O4. The van der Waals surface area contributed by atoms with Crippen molar-refractivity contribution in [3.63, 3.8) is 0 Å². The van der Waals surface area contributed by atoms with Gasteiger partial charge in [-0.25, -0.2) is 0 Å². The molecule has 16 heterocycles. The number of hydrogen-bond donors (Lipinski definition) is 4. The number of rotatable bonds is 16. The highest BCUT2D eigenvalue weighted by molar-refractivity contribution is 5.86. The lowest BCUT2D eigenvalue weighted by Gasteiger charge is -2.52. The zero-order valence-electron chi connectivity index (χ0n) is 57.3. The number of hydrogen-bond acceptors (Lipinski definition) is 15. The van der Waals surface area contributed by atoms with Crippen molar-refractivity contribution < 1.29 is 19.3 Å². The van der Waals surface area contributed by atoms with Crippen LogP contribution < -0.4 is 31.4 Å². The first-order chi connectivity index (χ1) is 46.8. The van der Waals surface area contributed by atoms with E-state index in [4.69, 9.17) is 31.4 Å². The van der Waals surface area contributed by atoms with Crippen LogP contribution in [0, 0.1) is 54.3 Å². The standard InChI is InChI=1S/C21H29N3.2C20H25N3O.C20H24N2O2/c1-3-4-16-13-24-10-8-15(16)12-20(24)21(22)17-7-9-23-19-6-5-14(2)11-18(17)19;2*1-3-13-12-23-9-7-14(13)10-19(23)20(21)16-6-8-22-18-5-4-15(24-2)11-17(16)18;1-3-13-12-22-9-7-14(13)10-19(22)20(23)16-6-8-21-18-5-4-15(24-2)11-17(16)18/h5-7,9,11,15-16,20-21H,3-4,8,10,12-13,22H2,1-2H3;2*3-6,8,11,13-14,19-20H,1,7,9-10,12,21H2,2H3;3-6,8,11,13-14,19-20,23H,1,7,9-10,12H2,2H3/t15?,16?,20-,21-;2*13?,14?,19-,20-;13?,14?,19-,20+/m0000/s1. The monoisotopic (exact) mass is 1290 g/mol. The van der Waals surface area contributed by atoms with Crippen LogP contribution in [0.2, 0.25) is 0 Å². The summed E-state index contributed by atoms with van der Waals surface area (Å²) in [6.07, 6.45) is 25.7. The number of aliphatic hydroxyl groups is 1. The molecule has 12 aliphatic rings. The summed E-state index contributed by atoms with van der Waals surface area (Å²) in [7, 11) is 5.05. The van der Waals surface area contributed by atoms with Gasteiger partial charge in [0.05, 0.1) is 49.5 Å². The van der Waals surface area contributed by atoms with Crippen LogP contribution in [-0.2, 0) is 0 Å². The number of piperidine rings is 12. The van der Waals surface area contributed by atoms with Gasteiger partial charge in [0, 0.05) is 115 Å². The Hall–Kier alpha value is -7.18. The number of pyridine rings is 4. The third-order valence-corrected chi connectivity index (χ3v) is 23.9. The summed E-state index contributed by atoms with van der Waals surface area (Å²) >= 11 is 0. The van der Waals surface area contributed by atoms with E-state index in [2.05, 4.69) is 140 Å². The predicted octanol–water partition coefficient (Wildman–Crippen LogP) is 13.5. The van der Waals surface area contributed by atoms with Crippen LogP contribution in [0.15, 0.2) is 160 Å². The molecule has 96 heavy (non-hydrogen) atoms. The number of aromatic nitrogens is 4. The Morgan fingerprint density at radius 1 is 0.458 bits per heavy atom. The average molecular weight is 1290 g/mol. The van der Waals surface area contributed by atoms with E-state index >= 15 is 0 Å². The lowest BCUT2D eigenvalue weighted by atomic mass is 9.71. The van der Waals surface area contributed by atoms with Crippen molar-refractivity contribution in [2.45, 2.75) is 126 Å². The van der Waals surface area contributed by atoms with Gasteiger partial charge in [0.1, 0.15) is 17.2 Å². The average Bonchev–Trinajstić information content (AvgIpc) is 0.796. The second kappa shape index (κ2) is 29.9. The van der Waals surface area contributed by atoms with Crippen LogP contribution in [0.1, 0.15) is 123 Å². The number of benzene rings is 4. The molecule has 0 spiro atoms. The smallest absolute Gasteiger partial charge is 0.119 e. The lowest BCUT2D eigenvalue weighted by Crippen LogP contribution is -2.56. The highest BCUT2D eigenvalue weighted by Crippen LogP contribution is 2.47. The number of methoxy groups -OCH3 is 3. The van der Waals surface area contributed by atoms with E-state index in [0.29, 0.717) is 41.8 Å². The summed E-state index contributed by atoms with van der Waals surface area (Å²) in [5, 5.41) is 15.6. The van der Waals surface area contributed by atoms with E-state index in [1.54, 1.807) is 27.5 Å². The Morgan fingerprint density at radius 2 is 0.792 bits per heavy atom. The van der Waals surface area contributed by atoms with Crippen molar-refractivity contribution in [3.8, 4) is 17.2 Å². The van der Waals surface area contributed by atoms with Crippen molar-refractivity contribution in [2.75, 3.05) is 73.7 Å². The summed E-state index contributed by atoms with van der Waals surface area (Å²) in [6.45, 7) is 25.5. The van der Waals surface area contributed by atoms with Crippen molar-refractivity contribution in [3.05, 3.63) is 188 Å². The molecule has 4 aromatic carbocycles. The first-order valence-electron chi connectivity index (χ1n) is 35.7. The fourth-order valence-electron chi connectivity index (χ4n) is 18.5. The molecule has 20 atom stereocenters. The first kappa shape index (κ1) is 67.4. The normalized spacial score (nSPS) is 30.3. The predicted molar refractivity (Wildman–Crippen MR) is 389 cm³/mol. The Bertz CT molecular complexity index is 3730. The van der Waals surface area contributed by atoms with E-state index in [-0.39, 0.29) is 24.2 Å². The van der Waals surface area contributed by atoms with Gasteiger partial charge < -0.3 is 36.5 Å². The second-order valence-electron chi connectivity index (χ2n) is 28.9. The Morgan fingerprint density at radius 3 is 1.14 bits per heavy atom. The molecule has 20 rings (SSSR count). The summed E-state index contributed by atoms with van der Waals surface area (Å²) in [4.78, 5) is 28.1. The minimum atomic E-state index is -0.504. The molecule has 15 nitrogen and oxygen atoms in total. The highest BCUT2D eigenvalue weighted by atomic mass is 16.5. The highest BCUT2D eigenvalue weighted by Gasteiger charge is 2.46. The molecular weight excluding hydrogens is 1190 g/mol. The van der Waals surface area contributed by atoms with Gasteiger partial charge in [-0.05, 0) is 251 Å². The topological polar surface area (TPSA) is 190 Å². The number of ether oxygens (including phenoxy) is 3. The van der Waals surface area contributed by atoms with Crippen molar-refractivity contribution in [2.24, 2.45) is 64.5 Å². The third kappa shape index (κ3) is 13.7. The van der Waals surface area contributed by atoms with E-state index in [1.807, 2.05) is 67.1 Å². The molecule has 12 saturated heterocycles. The summed E-state index contributed by atoms with van der Waals surface area (Å²) in [6, 6.07) is 34.1. The minimum absolute atomic E-state index is 0.00354. The van der Waals surface area contributed by atoms with E-state index in [9.17, 15) is 5.11 Å². The van der Waals surface area contributed by atoms with E-state index < -0.39 is 6.10 Å². The second-order valence-corrected chi connectivity index (χ2v) is 28.9. The van der Waals surface area contributed by atoms with Gasteiger partial charge >= 0.3 is 0 Å². The maximum absolute atomic E-state index is 11.2. The lowest BCUT2D eigenvalue weighted by molar-refractivity contribution is -0.0444. The molecule has 4 aromatic heterocycles. The molecule has 506 valence electrons. The Labute approximate surface area is 569 Å². The fourth-order valence-corrected chi connectivity index (χ4v) is 18.5. The molecule has 0 amide bonds. The Balaban J connectivity index is 0.000000116. The van der Waals surface area contributed by atoms with Crippen molar-refractivity contribution in [1.29, 1.82) is 0 Å². The SMILES string of the molecule is C=CC1CN2CCC1C[C@H]2[C@@H](N)c1ccnc2ccc(OC)cc12.C=CC1CN2CCC1C[C@H]2[C@@H](N)c1ccnc2ccc(OC)cc12.C=CC1CN2CCC1C[C@H]2[C@H](O)c1ccnc2ccc(OC)cc12.CCCC1CN2CCC1C[C@H]2[C@@H](N)c1ccnc2ccc(C)cc12. The van der Waals surface area contributed by atoms with Crippen LogP contribution >= 0.6 is 0 Å². The van der Waals surface area contributed by atoms with E-state index in [0.717, 1.165) is 143 Å². The number of nitrogens with zero attached hydrogens (tertiary/aromatic N) is 8. The molecule has 12 aliphatic heterocycles. The molecule has 15 heteroatoms. The van der Waals surface area contributed by atoms with Crippen LogP contribution in [0.4, 0.5) is 0 Å². The van der Waals surface area contributed by atoms with Crippen molar-refractivity contribution >= 4 is 43.6 Å². The van der Waals surface area contributed by atoms with Gasteiger partial charge in [-0.15, -0.1) is 19.7 Å². The number of nitrogens with two attached hydrogens (primary N) is 3. The number of fused-ring (bicyclic) bond motifs is 16. The maximum Gasteiger partial charge on any atom is 0.119 e. The Kier molecular flexibility index (Phi) is 21.0. The van der Waals surface area contributed by atoms with Gasteiger partial charge in [-0.1, -0.05) is 43.2 Å². The van der Waals surface area contributed by atoms with Crippen molar-refractivity contribution in [1.82, 2.24) is 39.5 Å². The fraction of sp³-hybridized carbons (Fsp3) is 0.481. The zero-order valence-corrected chi connectivity index (χ0v) is 57.3. The first-order valence-corrected chi connectivity index (χ1v) is 35.7. The summed E-state index contributed by atoms with van der Waals surface area (Å²) in [5.74, 6) is 8.17. The minimum Gasteiger partial charge on any atom is -0.497 e. The molecule has 12 fully saturated rings. The summed E-state index contributed by atoms with van der Waals surface area (Å²) in [5.41, 5.74) is 30.1. The van der Waals surface area contributed by atoms with Gasteiger partial charge in [0.2, 0.25) is 0 Å². The molecule has 12 unspecified atom stereocenters. The van der Waals surface area contributed by atoms with Gasteiger partial charge in [-0.2, -0.15) is 0 Å². The number of aryl methyl sites for hydroxylation is 1. The maximum atomic E-state index is 11.2. The van der Waals surface area contributed by atoms with Crippen LogP contribution in [0.25, 0.3) is 43.6 Å². The quantitative estimate of drug-likeness (QED) is 0.0668. The van der Waals surface area contributed by atoms with Crippen LogP contribution in [0.5, 0.6) is 17.2 Å². The molecule has 0 radical (unpaired) electrons. The molecule has 0 aliphatic carbocycles. The summed E-state index contributed by atoms with van der Waals surface area (Å²) < 4.78 is 16.1. The van der Waals surface area contributed by atoms with Gasteiger partial charge in [-0.3, -0.25) is 39.5 Å². The third-order valence-electron chi connectivity index (χ3n) is 23.9. The van der Waals surface area contributed by atoms with Crippen LogP contribution in [-0.4, -0.2) is 142 Å². The zero-order chi connectivity index (χ0) is 66.7. The van der Waals surface area contributed by atoms with Gasteiger partial charge in [0.25, 0.3) is 0 Å². The number of aliphatic hydroxyl groups excluding tert-OH is 1. The molecule has 7 N–H and O–H groups in total. The van der Waals surface area contributed by atoms with E-state index in [1.165, 1.54) is 85.7 Å².